The molecule has 2 aromatic rings. The predicted octanol–water partition coefficient (Wildman–Crippen LogP) is 2.91. The number of ether oxygens (including phenoxy) is 1. The first-order valence-electron chi connectivity index (χ1n) is 11.3. The molecule has 0 saturated carbocycles. The second-order valence-electron chi connectivity index (χ2n) is 8.38. The summed E-state index contributed by atoms with van der Waals surface area (Å²) in [5.41, 5.74) is 0.715. The molecule has 3 heterocycles. The van der Waals surface area contributed by atoms with Crippen molar-refractivity contribution in [3.8, 4) is 0 Å². The maximum absolute atomic E-state index is 14.3. The SMILES string of the molecule is O=C(c1coc(CN(CCN2CCOCC2)Cc2ccc(F)cc2F)n1)N1CCCCC1. The molecular formula is C23H30F2N4O3. The molecule has 1 amide bonds. The third kappa shape index (κ3) is 6.11. The number of amides is 1. The predicted molar refractivity (Wildman–Crippen MR) is 114 cm³/mol. The van der Waals surface area contributed by atoms with Crippen LogP contribution in [0, 0.1) is 11.6 Å². The number of likely N-dealkylation sites (tertiary alicyclic amines) is 1. The lowest BCUT2D eigenvalue weighted by Gasteiger charge is -2.29. The zero-order chi connectivity index (χ0) is 22.3. The van der Waals surface area contributed by atoms with Crippen molar-refractivity contribution in [2.45, 2.75) is 32.4 Å². The number of carbonyl (C=O) groups excluding carboxylic acids is 1. The van der Waals surface area contributed by atoms with Gasteiger partial charge < -0.3 is 14.1 Å². The molecule has 0 N–H and O–H groups in total. The molecule has 2 saturated heterocycles. The molecule has 32 heavy (non-hydrogen) atoms. The van der Waals surface area contributed by atoms with Crippen molar-refractivity contribution in [1.82, 2.24) is 19.7 Å². The number of nitrogens with zero attached hydrogens (tertiary/aromatic N) is 4. The average Bonchev–Trinajstić information content (AvgIpc) is 3.28. The van der Waals surface area contributed by atoms with Crippen LogP contribution in [0.2, 0.25) is 0 Å². The van der Waals surface area contributed by atoms with Gasteiger partial charge in [0.05, 0.1) is 19.8 Å². The van der Waals surface area contributed by atoms with Gasteiger partial charge in [0.25, 0.3) is 5.91 Å². The van der Waals surface area contributed by atoms with Gasteiger partial charge in [-0.1, -0.05) is 6.07 Å². The number of carbonyl (C=O) groups is 1. The first kappa shape index (κ1) is 22.8. The van der Waals surface area contributed by atoms with E-state index in [9.17, 15) is 13.6 Å². The Balaban J connectivity index is 1.42. The quantitative estimate of drug-likeness (QED) is 0.619. The monoisotopic (exact) mass is 448 g/mol. The fourth-order valence-electron chi connectivity index (χ4n) is 4.14. The number of piperidine rings is 1. The minimum Gasteiger partial charge on any atom is -0.447 e. The minimum atomic E-state index is -0.598. The van der Waals surface area contributed by atoms with Crippen molar-refractivity contribution in [2.75, 3.05) is 52.5 Å². The van der Waals surface area contributed by atoms with Crippen LogP contribution in [0.3, 0.4) is 0 Å². The molecule has 2 aliphatic rings. The zero-order valence-corrected chi connectivity index (χ0v) is 18.3. The highest BCUT2D eigenvalue weighted by Crippen LogP contribution is 2.17. The summed E-state index contributed by atoms with van der Waals surface area (Å²) in [6, 6.07) is 3.63. The van der Waals surface area contributed by atoms with Gasteiger partial charge in [-0.05, 0) is 25.3 Å². The lowest BCUT2D eigenvalue weighted by molar-refractivity contribution is 0.0319. The van der Waals surface area contributed by atoms with Gasteiger partial charge in [-0.15, -0.1) is 0 Å². The largest absolute Gasteiger partial charge is 0.447 e. The molecule has 4 rings (SSSR count). The molecule has 2 aliphatic heterocycles. The highest BCUT2D eigenvalue weighted by molar-refractivity contribution is 5.92. The van der Waals surface area contributed by atoms with Crippen LogP contribution in [0.5, 0.6) is 0 Å². The lowest BCUT2D eigenvalue weighted by atomic mass is 10.1. The van der Waals surface area contributed by atoms with E-state index in [1.807, 2.05) is 9.80 Å². The fourth-order valence-corrected chi connectivity index (χ4v) is 4.14. The van der Waals surface area contributed by atoms with Gasteiger partial charge in [-0.2, -0.15) is 0 Å². The average molecular weight is 449 g/mol. The molecule has 1 aromatic heterocycles. The second-order valence-corrected chi connectivity index (χ2v) is 8.38. The van der Waals surface area contributed by atoms with Crippen LogP contribution in [0.15, 0.2) is 28.9 Å². The van der Waals surface area contributed by atoms with Crippen LogP contribution < -0.4 is 0 Å². The van der Waals surface area contributed by atoms with Crippen LogP contribution in [-0.2, 0) is 17.8 Å². The van der Waals surface area contributed by atoms with E-state index in [2.05, 4.69) is 9.88 Å². The molecule has 9 heteroatoms. The normalized spacial score (nSPS) is 17.8. The molecule has 7 nitrogen and oxygen atoms in total. The molecule has 174 valence electrons. The fraction of sp³-hybridized carbons (Fsp3) is 0.565. The minimum absolute atomic E-state index is 0.107. The molecule has 0 atom stereocenters. The second kappa shape index (κ2) is 11.0. The van der Waals surface area contributed by atoms with E-state index in [1.165, 1.54) is 18.4 Å². The molecule has 0 bridgehead atoms. The lowest BCUT2D eigenvalue weighted by Crippen LogP contribution is -2.41. The molecule has 0 aliphatic carbocycles. The maximum atomic E-state index is 14.3. The number of hydrogen-bond acceptors (Lipinski definition) is 6. The molecule has 1 aromatic carbocycles. The summed E-state index contributed by atoms with van der Waals surface area (Å²) >= 11 is 0. The van der Waals surface area contributed by atoms with Crippen LogP contribution in [0.4, 0.5) is 8.78 Å². The highest BCUT2D eigenvalue weighted by Gasteiger charge is 2.23. The number of oxazole rings is 1. The summed E-state index contributed by atoms with van der Waals surface area (Å²) < 4.78 is 38.6. The van der Waals surface area contributed by atoms with E-state index >= 15 is 0 Å². The Labute approximate surface area is 186 Å². The van der Waals surface area contributed by atoms with E-state index in [4.69, 9.17) is 9.15 Å². The van der Waals surface area contributed by atoms with Crippen molar-refractivity contribution in [3.05, 3.63) is 53.2 Å². The van der Waals surface area contributed by atoms with Crippen LogP contribution in [0.1, 0.15) is 41.2 Å². The Morgan fingerprint density at radius 2 is 1.84 bits per heavy atom. The summed E-state index contributed by atoms with van der Waals surface area (Å²) in [6.07, 6.45) is 4.57. The topological polar surface area (TPSA) is 62.1 Å². The van der Waals surface area contributed by atoms with Crippen molar-refractivity contribution >= 4 is 5.91 Å². The van der Waals surface area contributed by atoms with Gasteiger partial charge >= 0.3 is 0 Å². The van der Waals surface area contributed by atoms with Gasteiger partial charge in [0.15, 0.2) is 5.69 Å². The number of morpholine rings is 1. The highest BCUT2D eigenvalue weighted by atomic mass is 19.1. The van der Waals surface area contributed by atoms with E-state index < -0.39 is 11.6 Å². The Hall–Kier alpha value is -2.36. The summed E-state index contributed by atoms with van der Waals surface area (Å²) in [5.74, 6) is -0.867. The van der Waals surface area contributed by atoms with Gasteiger partial charge in [-0.25, -0.2) is 13.8 Å². The Bertz CT molecular complexity index is 895. The van der Waals surface area contributed by atoms with Crippen LogP contribution in [0.25, 0.3) is 0 Å². The number of hydrogen-bond donors (Lipinski definition) is 0. The van der Waals surface area contributed by atoms with Crippen LogP contribution in [-0.4, -0.2) is 78.1 Å². The first-order valence-corrected chi connectivity index (χ1v) is 11.3. The molecule has 0 radical (unpaired) electrons. The summed E-state index contributed by atoms with van der Waals surface area (Å²) in [7, 11) is 0. The molecule has 2 fully saturated rings. The molecular weight excluding hydrogens is 418 g/mol. The van der Waals surface area contributed by atoms with E-state index in [1.54, 1.807) is 0 Å². The van der Waals surface area contributed by atoms with Crippen molar-refractivity contribution < 1.29 is 22.7 Å². The Kier molecular flexibility index (Phi) is 7.83. The third-order valence-electron chi connectivity index (χ3n) is 6.02. The van der Waals surface area contributed by atoms with E-state index in [0.29, 0.717) is 43.5 Å². The number of aromatic nitrogens is 1. The Morgan fingerprint density at radius 1 is 1.06 bits per heavy atom. The smallest absolute Gasteiger partial charge is 0.275 e. The third-order valence-corrected chi connectivity index (χ3v) is 6.02. The maximum Gasteiger partial charge on any atom is 0.275 e. The van der Waals surface area contributed by atoms with Gasteiger partial charge in [0.1, 0.15) is 17.9 Å². The molecule has 0 spiro atoms. The first-order chi connectivity index (χ1) is 15.6. The van der Waals surface area contributed by atoms with Crippen molar-refractivity contribution in [2.24, 2.45) is 0 Å². The van der Waals surface area contributed by atoms with Gasteiger partial charge in [-0.3, -0.25) is 14.6 Å². The van der Waals surface area contributed by atoms with E-state index in [-0.39, 0.29) is 12.5 Å². The van der Waals surface area contributed by atoms with Gasteiger partial charge in [0, 0.05) is 57.4 Å². The van der Waals surface area contributed by atoms with E-state index in [0.717, 1.165) is 58.1 Å². The number of benzene rings is 1. The molecule has 0 unspecified atom stereocenters. The summed E-state index contributed by atoms with van der Waals surface area (Å²) in [4.78, 5) is 23.2. The van der Waals surface area contributed by atoms with Crippen LogP contribution >= 0.6 is 0 Å². The standard InChI is InChI=1S/C23H30F2N4O3/c24-19-5-4-18(20(25)14-19)15-28(9-8-27-10-12-31-13-11-27)16-22-26-21(17-32-22)23(30)29-6-2-1-3-7-29/h4-5,14,17H,1-3,6-13,15-16H2. The summed E-state index contributed by atoms with van der Waals surface area (Å²) in [6.45, 7) is 6.65. The number of halogens is 2. The number of rotatable bonds is 8. The summed E-state index contributed by atoms with van der Waals surface area (Å²) in [5, 5.41) is 0. The Morgan fingerprint density at radius 3 is 2.59 bits per heavy atom. The van der Waals surface area contributed by atoms with Crippen molar-refractivity contribution in [3.63, 3.8) is 0 Å². The van der Waals surface area contributed by atoms with Crippen molar-refractivity contribution in [1.29, 1.82) is 0 Å². The van der Waals surface area contributed by atoms with Gasteiger partial charge in [0.2, 0.25) is 5.89 Å². The zero-order valence-electron chi connectivity index (χ0n) is 18.3.